The van der Waals surface area contributed by atoms with Gasteiger partial charge in [-0.2, -0.15) is 4.99 Å². The Morgan fingerprint density at radius 3 is 2.58 bits per heavy atom. The zero-order valence-electron chi connectivity index (χ0n) is 10.7. The Morgan fingerprint density at radius 1 is 1.32 bits per heavy atom. The molecule has 0 aromatic heterocycles. The average Bonchev–Trinajstić information content (AvgIpc) is 2.85. The van der Waals surface area contributed by atoms with Crippen LogP contribution in [0.15, 0.2) is 17.1 Å². The number of aliphatic imine (C=N–C) groups is 1. The first-order valence-electron chi connectivity index (χ1n) is 6.20. The molecule has 0 heterocycles. The molecule has 1 aromatic carbocycles. The van der Waals surface area contributed by atoms with Gasteiger partial charge in [-0.25, -0.2) is 13.6 Å². The number of benzene rings is 1. The fourth-order valence-electron chi connectivity index (χ4n) is 2.70. The van der Waals surface area contributed by atoms with E-state index in [4.69, 9.17) is 4.74 Å². The quantitative estimate of drug-likeness (QED) is 0.620. The first kappa shape index (κ1) is 13.8. The van der Waals surface area contributed by atoms with E-state index in [1.54, 1.807) is 0 Å². The largest absolute Gasteiger partial charge is 0.380 e. The molecule has 0 amide bonds. The molecular weight excluding hydrogens is 252 g/mol. The Labute approximate surface area is 110 Å². The fourth-order valence-corrected chi connectivity index (χ4v) is 2.70. The maximum absolute atomic E-state index is 14.2. The summed E-state index contributed by atoms with van der Waals surface area (Å²) < 4.78 is 32.9. The molecule has 102 valence electrons. The molecule has 1 aromatic rings. The second kappa shape index (κ2) is 5.59. The molecule has 0 unspecified atom stereocenters. The van der Waals surface area contributed by atoms with E-state index in [2.05, 4.69) is 4.99 Å². The highest BCUT2D eigenvalue weighted by molar-refractivity contribution is 5.40. The molecule has 0 radical (unpaired) electrons. The molecule has 1 fully saturated rings. The van der Waals surface area contributed by atoms with Crippen molar-refractivity contribution in [3.8, 4) is 0 Å². The Kier molecular flexibility index (Phi) is 4.08. The van der Waals surface area contributed by atoms with Crippen LogP contribution in [-0.2, 0) is 21.7 Å². The van der Waals surface area contributed by atoms with Crippen molar-refractivity contribution in [1.82, 2.24) is 0 Å². The summed E-state index contributed by atoms with van der Waals surface area (Å²) in [6.45, 7) is 0.00693. The van der Waals surface area contributed by atoms with Gasteiger partial charge in [0.2, 0.25) is 6.08 Å². The van der Waals surface area contributed by atoms with E-state index in [1.165, 1.54) is 25.3 Å². The third kappa shape index (κ3) is 2.44. The summed E-state index contributed by atoms with van der Waals surface area (Å²) in [5.41, 5.74) is -0.643. The van der Waals surface area contributed by atoms with E-state index >= 15 is 0 Å². The van der Waals surface area contributed by atoms with Crippen LogP contribution in [-0.4, -0.2) is 13.2 Å². The lowest BCUT2D eigenvalue weighted by molar-refractivity contribution is 0.180. The van der Waals surface area contributed by atoms with E-state index in [0.717, 1.165) is 12.8 Å². The molecule has 3 nitrogen and oxygen atoms in total. The van der Waals surface area contributed by atoms with Gasteiger partial charge >= 0.3 is 0 Å². The van der Waals surface area contributed by atoms with Crippen LogP contribution in [0.25, 0.3) is 0 Å². The van der Waals surface area contributed by atoms with Crippen molar-refractivity contribution in [3.63, 3.8) is 0 Å². The van der Waals surface area contributed by atoms with E-state index in [-0.39, 0.29) is 17.7 Å². The normalized spacial score (nSPS) is 17.2. The van der Waals surface area contributed by atoms with E-state index in [1.807, 2.05) is 0 Å². The predicted octanol–water partition coefficient (Wildman–Crippen LogP) is 3.22. The highest BCUT2D eigenvalue weighted by atomic mass is 19.2. The Hall–Kier alpha value is -1.58. The Morgan fingerprint density at radius 2 is 2.00 bits per heavy atom. The van der Waals surface area contributed by atoms with Crippen molar-refractivity contribution in [2.45, 2.75) is 37.8 Å². The van der Waals surface area contributed by atoms with Gasteiger partial charge in [0, 0.05) is 18.2 Å². The lowest BCUT2D eigenvalue weighted by atomic mass is 9.87. The third-order valence-corrected chi connectivity index (χ3v) is 3.65. The van der Waals surface area contributed by atoms with Gasteiger partial charge in [-0.3, -0.25) is 0 Å². The van der Waals surface area contributed by atoms with Gasteiger partial charge in [0.15, 0.2) is 11.6 Å². The van der Waals surface area contributed by atoms with Crippen LogP contribution in [0.5, 0.6) is 0 Å². The SMILES string of the molecule is COCc1ccc(C2(N=C=O)CCCC2)c(F)c1F. The molecule has 0 aliphatic heterocycles. The van der Waals surface area contributed by atoms with Crippen LogP contribution < -0.4 is 0 Å². The fraction of sp³-hybridized carbons (Fsp3) is 0.500. The van der Waals surface area contributed by atoms with Crippen LogP contribution in [0.4, 0.5) is 8.78 Å². The first-order valence-corrected chi connectivity index (χ1v) is 6.20. The number of nitrogens with zero attached hydrogens (tertiary/aromatic N) is 1. The van der Waals surface area contributed by atoms with Gasteiger partial charge in [0.05, 0.1) is 6.61 Å². The summed E-state index contributed by atoms with van der Waals surface area (Å²) >= 11 is 0. The lowest BCUT2D eigenvalue weighted by Gasteiger charge is -2.24. The van der Waals surface area contributed by atoms with Crippen molar-refractivity contribution >= 4 is 6.08 Å². The molecule has 0 bridgehead atoms. The minimum atomic E-state index is -0.946. The summed E-state index contributed by atoms with van der Waals surface area (Å²) in [7, 11) is 1.42. The summed E-state index contributed by atoms with van der Waals surface area (Å²) in [6.07, 6.45) is 4.26. The molecule has 1 aliphatic carbocycles. The summed E-state index contributed by atoms with van der Waals surface area (Å²) in [6, 6.07) is 2.98. The maximum atomic E-state index is 14.2. The van der Waals surface area contributed by atoms with Crippen molar-refractivity contribution in [2.24, 2.45) is 4.99 Å². The maximum Gasteiger partial charge on any atom is 0.235 e. The predicted molar refractivity (Wildman–Crippen MR) is 65.3 cm³/mol. The lowest BCUT2D eigenvalue weighted by Crippen LogP contribution is -2.22. The molecule has 0 spiro atoms. The molecule has 2 rings (SSSR count). The molecule has 0 saturated heterocycles. The standard InChI is InChI=1S/C14H15F2NO2/c1-19-8-10-4-5-11(13(16)12(10)15)14(17-9-18)6-2-3-7-14/h4-5H,2-3,6-8H2,1H3. The summed E-state index contributed by atoms with van der Waals surface area (Å²) in [4.78, 5) is 14.3. The minimum Gasteiger partial charge on any atom is -0.380 e. The summed E-state index contributed by atoms with van der Waals surface area (Å²) in [5.74, 6) is -1.86. The van der Waals surface area contributed by atoms with Crippen LogP contribution in [0, 0.1) is 11.6 Å². The van der Waals surface area contributed by atoms with E-state index in [9.17, 15) is 13.6 Å². The molecule has 1 aliphatic rings. The van der Waals surface area contributed by atoms with Gasteiger partial charge < -0.3 is 4.74 Å². The second-order valence-electron chi connectivity index (χ2n) is 4.78. The molecule has 0 atom stereocenters. The van der Waals surface area contributed by atoms with Crippen LogP contribution in [0.2, 0.25) is 0 Å². The van der Waals surface area contributed by atoms with E-state index in [0.29, 0.717) is 12.8 Å². The molecule has 19 heavy (non-hydrogen) atoms. The minimum absolute atomic E-state index is 0.00693. The Bertz CT molecular complexity index is 518. The number of methoxy groups -OCH3 is 1. The van der Waals surface area contributed by atoms with Crippen LogP contribution in [0.3, 0.4) is 0 Å². The monoisotopic (exact) mass is 267 g/mol. The molecule has 1 saturated carbocycles. The van der Waals surface area contributed by atoms with Gasteiger partial charge in [-0.05, 0) is 12.8 Å². The molecular formula is C14H15F2NO2. The molecule has 0 N–H and O–H groups in total. The van der Waals surface area contributed by atoms with Gasteiger partial charge in [-0.1, -0.05) is 25.0 Å². The number of ether oxygens (including phenoxy) is 1. The number of halogens is 2. The average molecular weight is 267 g/mol. The van der Waals surface area contributed by atoms with Gasteiger partial charge in [0.25, 0.3) is 0 Å². The third-order valence-electron chi connectivity index (χ3n) is 3.65. The zero-order valence-corrected chi connectivity index (χ0v) is 10.7. The highest BCUT2D eigenvalue weighted by Crippen LogP contribution is 2.43. The number of rotatable bonds is 4. The van der Waals surface area contributed by atoms with Crippen molar-refractivity contribution in [2.75, 3.05) is 7.11 Å². The smallest absolute Gasteiger partial charge is 0.235 e. The molecule has 5 heteroatoms. The van der Waals surface area contributed by atoms with Crippen molar-refractivity contribution in [3.05, 3.63) is 34.9 Å². The summed E-state index contributed by atoms with van der Waals surface area (Å²) in [5, 5.41) is 0. The number of hydrogen-bond donors (Lipinski definition) is 0. The topological polar surface area (TPSA) is 38.7 Å². The van der Waals surface area contributed by atoms with Crippen molar-refractivity contribution in [1.29, 1.82) is 0 Å². The number of isocyanates is 1. The van der Waals surface area contributed by atoms with Gasteiger partial charge in [-0.15, -0.1) is 0 Å². The van der Waals surface area contributed by atoms with Crippen molar-refractivity contribution < 1.29 is 18.3 Å². The second-order valence-corrected chi connectivity index (χ2v) is 4.78. The number of carbonyl (C=O) groups excluding carboxylic acids is 1. The van der Waals surface area contributed by atoms with Crippen LogP contribution >= 0.6 is 0 Å². The Balaban J connectivity index is 2.50. The highest BCUT2D eigenvalue weighted by Gasteiger charge is 2.39. The van der Waals surface area contributed by atoms with Gasteiger partial charge in [0.1, 0.15) is 5.54 Å². The van der Waals surface area contributed by atoms with E-state index < -0.39 is 17.2 Å². The first-order chi connectivity index (χ1) is 9.14. The zero-order chi connectivity index (χ0) is 13.9. The van der Waals surface area contributed by atoms with Crippen LogP contribution in [0.1, 0.15) is 36.8 Å². The number of hydrogen-bond acceptors (Lipinski definition) is 3.